The molecular weight excluding hydrogens is 166 g/mol. The predicted molar refractivity (Wildman–Crippen MR) is 50.2 cm³/mol. The van der Waals surface area contributed by atoms with E-state index >= 15 is 0 Å². The van der Waals surface area contributed by atoms with Gasteiger partial charge in [-0.2, -0.15) is 0 Å². The molecule has 2 atom stereocenters. The zero-order valence-corrected chi connectivity index (χ0v) is 8.45. The summed E-state index contributed by atoms with van der Waals surface area (Å²) in [6, 6.07) is 0.347. The number of hydrogen-bond donors (Lipinski definition) is 1. The van der Waals surface area contributed by atoms with Crippen molar-refractivity contribution in [1.82, 2.24) is 4.90 Å². The Morgan fingerprint density at radius 2 is 2.38 bits per heavy atom. The molecule has 1 saturated heterocycles. The first-order chi connectivity index (χ1) is 6.06. The van der Waals surface area contributed by atoms with E-state index in [0.29, 0.717) is 17.8 Å². The lowest BCUT2D eigenvalue weighted by Crippen LogP contribution is -2.41. The second-order valence-electron chi connectivity index (χ2n) is 4.29. The van der Waals surface area contributed by atoms with Crippen LogP contribution < -0.4 is 0 Å². The van der Waals surface area contributed by atoms with Crippen LogP contribution in [0.15, 0.2) is 12.0 Å². The Kier molecular flexibility index (Phi) is 1.80. The Morgan fingerprint density at radius 3 is 3.00 bits per heavy atom. The molecule has 2 aliphatic rings. The molecule has 13 heavy (non-hydrogen) atoms. The fraction of sp³-hybridized carbons (Fsp3) is 0.800. The summed E-state index contributed by atoms with van der Waals surface area (Å²) in [6.45, 7) is 6.86. The number of nitrogens with zero attached hydrogens (tertiary/aromatic N) is 1. The Hall–Kier alpha value is -0.700. The monoisotopic (exact) mass is 183 g/mol. The first-order valence-electron chi connectivity index (χ1n) is 4.90. The van der Waals surface area contributed by atoms with E-state index in [1.807, 2.05) is 24.8 Å². The van der Waals surface area contributed by atoms with E-state index in [0.717, 1.165) is 13.0 Å². The van der Waals surface area contributed by atoms with E-state index in [-0.39, 0.29) is 5.72 Å². The molecule has 0 aliphatic carbocycles. The van der Waals surface area contributed by atoms with Gasteiger partial charge in [-0.3, -0.25) is 0 Å². The van der Waals surface area contributed by atoms with Crippen molar-refractivity contribution in [3.05, 3.63) is 12.0 Å². The minimum Gasteiger partial charge on any atom is -0.495 e. The first-order valence-corrected chi connectivity index (χ1v) is 4.90. The Balaban J connectivity index is 2.26. The van der Waals surface area contributed by atoms with Crippen molar-refractivity contribution in [2.24, 2.45) is 5.92 Å². The standard InChI is InChI=1S/C10H17NO2/c1-4-7-5-9(12)11-8(7)6-13-10(11,2)3/h5,7-8,12H,4,6H2,1-3H3/t7-,8-/m1/s1. The molecule has 3 nitrogen and oxygen atoms in total. The lowest BCUT2D eigenvalue weighted by molar-refractivity contribution is -0.0528. The topological polar surface area (TPSA) is 32.7 Å². The van der Waals surface area contributed by atoms with Gasteiger partial charge in [-0.15, -0.1) is 0 Å². The van der Waals surface area contributed by atoms with Gasteiger partial charge in [0.25, 0.3) is 0 Å². The van der Waals surface area contributed by atoms with E-state index < -0.39 is 0 Å². The average molecular weight is 183 g/mol. The Bertz CT molecular complexity index is 247. The molecule has 1 N–H and O–H groups in total. The van der Waals surface area contributed by atoms with Crippen LogP contribution in [0.2, 0.25) is 0 Å². The molecule has 0 saturated carbocycles. The van der Waals surface area contributed by atoms with Gasteiger partial charge in [-0.1, -0.05) is 6.92 Å². The first kappa shape index (κ1) is 8.88. The van der Waals surface area contributed by atoms with Crippen LogP contribution in [-0.4, -0.2) is 28.4 Å². The van der Waals surface area contributed by atoms with Gasteiger partial charge in [0.05, 0.1) is 12.6 Å². The Morgan fingerprint density at radius 1 is 1.69 bits per heavy atom. The number of ether oxygens (including phenoxy) is 1. The van der Waals surface area contributed by atoms with Crippen LogP contribution in [0.3, 0.4) is 0 Å². The second-order valence-corrected chi connectivity index (χ2v) is 4.29. The molecule has 2 heterocycles. The lowest BCUT2D eigenvalue weighted by atomic mass is 10.00. The van der Waals surface area contributed by atoms with Crippen LogP contribution in [0.1, 0.15) is 27.2 Å². The fourth-order valence-corrected chi connectivity index (χ4v) is 2.37. The third-order valence-corrected chi connectivity index (χ3v) is 3.09. The maximum Gasteiger partial charge on any atom is 0.185 e. The average Bonchev–Trinajstić information content (AvgIpc) is 2.53. The van der Waals surface area contributed by atoms with Gasteiger partial charge in [0, 0.05) is 5.92 Å². The number of aliphatic hydroxyl groups excluding tert-OH is 1. The molecule has 0 aromatic heterocycles. The van der Waals surface area contributed by atoms with E-state index in [1.165, 1.54) is 0 Å². The molecule has 0 aromatic carbocycles. The molecule has 2 rings (SSSR count). The summed E-state index contributed by atoms with van der Waals surface area (Å²) in [6.07, 6.45) is 3.01. The Labute approximate surface area is 79.0 Å². The van der Waals surface area contributed by atoms with Gasteiger partial charge in [0.15, 0.2) is 5.88 Å². The molecular formula is C10H17NO2. The van der Waals surface area contributed by atoms with Crippen LogP contribution in [0.5, 0.6) is 0 Å². The normalized spacial score (nSPS) is 36.2. The number of fused-ring (bicyclic) bond motifs is 1. The minimum atomic E-state index is -0.338. The summed E-state index contributed by atoms with van der Waals surface area (Å²) in [7, 11) is 0. The number of aliphatic hydroxyl groups is 1. The highest BCUT2D eigenvalue weighted by Crippen LogP contribution is 2.40. The fourth-order valence-electron chi connectivity index (χ4n) is 2.37. The second kappa shape index (κ2) is 2.64. The van der Waals surface area contributed by atoms with E-state index in [1.54, 1.807) is 0 Å². The van der Waals surface area contributed by atoms with E-state index in [2.05, 4.69) is 6.92 Å². The van der Waals surface area contributed by atoms with Crippen molar-refractivity contribution >= 4 is 0 Å². The number of hydrogen-bond acceptors (Lipinski definition) is 3. The lowest BCUT2D eigenvalue weighted by Gasteiger charge is -2.31. The van der Waals surface area contributed by atoms with Crippen LogP contribution in [0.25, 0.3) is 0 Å². The molecule has 0 aromatic rings. The van der Waals surface area contributed by atoms with Crippen LogP contribution in [-0.2, 0) is 4.74 Å². The smallest absolute Gasteiger partial charge is 0.185 e. The van der Waals surface area contributed by atoms with Crippen molar-refractivity contribution in [2.45, 2.75) is 39.0 Å². The molecule has 1 fully saturated rings. The number of rotatable bonds is 1. The molecule has 0 bridgehead atoms. The van der Waals surface area contributed by atoms with Crippen molar-refractivity contribution in [3.8, 4) is 0 Å². The summed E-state index contributed by atoms with van der Waals surface area (Å²) < 4.78 is 5.63. The maximum atomic E-state index is 9.74. The highest BCUT2D eigenvalue weighted by atomic mass is 16.5. The van der Waals surface area contributed by atoms with E-state index in [9.17, 15) is 5.11 Å². The molecule has 0 unspecified atom stereocenters. The molecule has 0 spiro atoms. The summed E-state index contributed by atoms with van der Waals surface area (Å²) in [5.41, 5.74) is -0.338. The third kappa shape index (κ3) is 1.14. The molecule has 0 radical (unpaired) electrons. The van der Waals surface area contributed by atoms with Crippen molar-refractivity contribution in [2.75, 3.05) is 6.61 Å². The predicted octanol–water partition coefficient (Wildman–Crippen LogP) is 1.86. The zero-order chi connectivity index (χ0) is 9.64. The molecule has 2 aliphatic heterocycles. The van der Waals surface area contributed by atoms with Gasteiger partial charge in [-0.05, 0) is 26.3 Å². The SMILES string of the molecule is CC[C@@H]1C=C(O)N2[C@@H]1COC2(C)C. The van der Waals surface area contributed by atoms with Gasteiger partial charge in [-0.25, -0.2) is 0 Å². The van der Waals surface area contributed by atoms with Crippen molar-refractivity contribution in [1.29, 1.82) is 0 Å². The summed E-state index contributed by atoms with van der Waals surface area (Å²) in [5.74, 6) is 0.834. The molecule has 0 amide bonds. The third-order valence-electron chi connectivity index (χ3n) is 3.09. The van der Waals surface area contributed by atoms with Gasteiger partial charge >= 0.3 is 0 Å². The maximum absolute atomic E-state index is 9.74. The van der Waals surface area contributed by atoms with Gasteiger partial charge in [0.1, 0.15) is 5.72 Å². The highest BCUT2D eigenvalue weighted by Gasteiger charge is 2.48. The van der Waals surface area contributed by atoms with Gasteiger partial charge < -0.3 is 14.7 Å². The van der Waals surface area contributed by atoms with Crippen LogP contribution in [0.4, 0.5) is 0 Å². The largest absolute Gasteiger partial charge is 0.495 e. The molecule has 74 valence electrons. The summed E-state index contributed by atoms with van der Waals surface area (Å²) in [4.78, 5) is 1.99. The van der Waals surface area contributed by atoms with Crippen molar-refractivity contribution in [3.63, 3.8) is 0 Å². The quantitative estimate of drug-likeness (QED) is 0.673. The van der Waals surface area contributed by atoms with Crippen LogP contribution in [0, 0.1) is 5.92 Å². The minimum absolute atomic E-state index is 0.338. The zero-order valence-electron chi connectivity index (χ0n) is 8.45. The van der Waals surface area contributed by atoms with Crippen LogP contribution >= 0.6 is 0 Å². The summed E-state index contributed by atoms with van der Waals surface area (Å²) >= 11 is 0. The molecule has 3 heteroatoms. The van der Waals surface area contributed by atoms with Gasteiger partial charge in [0.2, 0.25) is 0 Å². The van der Waals surface area contributed by atoms with E-state index in [4.69, 9.17) is 4.74 Å². The highest BCUT2D eigenvalue weighted by molar-refractivity contribution is 5.14. The van der Waals surface area contributed by atoms with Crippen molar-refractivity contribution < 1.29 is 9.84 Å². The summed E-state index contributed by atoms with van der Waals surface area (Å²) in [5, 5.41) is 9.74.